The first kappa shape index (κ1) is 15.2. The summed E-state index contributed by atoms with van der Waals surface area (Å²) in [5.41, 5.74) is 5.78. The number of benzene rings is 1. The maximum absolute atomic E-state index is 12.0. The number of hydrogen-bond acceptors (Lipinski definition) is 5. The fraction of sp³-hybridized carbons (Fsp3) is 0.429. The molecule has 0 aromatic heterocycles. The Kier molecular flexibility index (Phi) is 6.60. The molecule has 0 atom stereocenters. The van der Waals surface area contributed by atoms with Crippen LogP contribution in [0.5, 0.6) is 5.75 Å². The van der Waals surface area contributed by atoms with E-state index in [0.717, 1.165) is 0 Å². The molecule has 0 aliphatic heterocycles. The topological polar surface area (TPSA) is 78.6 Å². The fourth-order valence-electron chi connectivity index (χ4n) is 1.53. The fourth-order valence-corrected chi connectivity index (χ4v) is 1.53. The number of carbonyl (C=O) groups excluding carboxylic acids is 2. The molecule has 0 fully saturated rings. The first-order chi connectivity index (χ1) is 9.19. The van der Waals surface area contributed by atoms with E-state index in [-0.39, 0.29) is 18.8 Å². The van der Waals surface area contributed by atoms with Crippen LogP contribution in [0.3, 0.4) is 0 Å². The van der Waals surface area contributed by atoms with Gasteiger partial charge < -0.3 is 15.2 Å². The van der Waals surface area contributed by atoms with Crippen molar-refractivity contribution in [2.45, 2.75) is 19.8 Å². The van der Waals surface area contributed by atoms with Gasteiger partial charge >= 0.3 is 5.97 Å². The average Bonchev–Trinajstić information content (AvgIpc) is 2.39. The lowest BCUT2D eigenvalue weighted by Crippen LogP contribution is -2.13. The third-order valence-electron chi connectivity index (χ3n) is 2.40. The first-order valence-electron chi connectivity index (χ1n) is 6.29. The van der Waals surface area contributed by atoms with Gasteiger partial charge in [0.1, 0.15) is 12.2 Å². The molecule has 2 N–H and O–H groups in total. The Bertz CT molecular complexity index is 431. The van der Waals surface area contributed by atoms with Crippen LogP contribution < -0.4 is 10.5 Å². The van der Waals surface area contributed by atoms with Crippen molar-refractivity contribution in [2.24, 2.45) is 5.73 Å². The highest BCUT2D eigenvalue weighted by molar-refractivity contribution is 6.07. The minimum absolute atomic E-state index is 0.265. The van der Waals surface area contributed by atoms with E-state index in [1.807, 2.05) is 0 Å². The highest BCUT2D eigenvalue weighted by Crippen LogP contribution is 2.20. The Morgan fingerprint density at radius 2 is 2.00 bits per heavy atom. The monoisotopic (exact) mass is 265 g/mol. The average molecular weight is 265 g/mol. The van der Waals surface area contributed by atoms with Gasteiger partial charge in [-0.15, -0.1) is 0 Å². The third-order valence-corrected chi connectivity index (χ3v) is 2.40. The van der Waals surface area contributed by atoms with Gasteiger partial charge in [0, 0.05) is 0 Å². The van der Waals surface area contributed by atoms with Crippen LogP contribution in [0.1, 0.15) is 30.1 Å². The molecule has 0 aliphatic carbocycles. The Balaban J connectivity index is 2.70. The summed E-state index contributed by atoms with van der Waals surface area (Å²) < 4.78 is 10.2. The van der Waals surface area contributed by atoms with Crippen molar-refractivity contribution < 1.29 is 19.1 Å². The van der Waals surface area contributed by atoms with Gasteiger partial charge in [-0.2, -0.15) is 0 Å². The highest BCUT2D eigenvalue weighted by atomic mass is 16.5. The van der Waals surface area contributed by atoms with Gasteiger partial charge in [-0.3, -0.25) is 9.59 Å². The molecule has 0 saturated heterocycles. The minimum Gasteiger partial charge on any atom is -0.493 e. The van der Waals surface area contributed by atoms with E-state index >= 15 is 0 Å². The van der Waals surface area contributed by atoms with Crippen LogP contribution >= 0.6 is 0 Å². The molecule has 1 aromatic carbocycles. The van der Waals surface area contributed by atoms with E-state index in [2.05, 4.69) is 0 Å². The molecule has 0 heterocycles. The summed E-state index contributed by atoms with van der Waals surface area (Å²) in [5.74, 6) is -0.351. The molecule has 0 bridgehead atoms. The summed E-state index contributed by atoms with van der Waals surface area (Å²) in [5, 5.41) is 0. The molecule has 0 aliphatic rings. The molecule has 19 heavy (non-hydrogen) atoms. The molecule has 0 saturated carbocycles. The van der Waals surface area contributed by atoms with E-state index in [1.165, 1.54) is 0 Å². The van der Waals surface area contributed by atoms with Crippen LogP contribution in [-0.4, -0.2) is 31.5 Å². The number of ketones is 1. The Morgan fingerprint density at radius 1 is 1.26 bits per heavy atom. The Hall–Kier alpha value is -1.88. The molecule has 1 aromatic rings. The number of nitrogens with two attached hydrogens (primary N) is 1. The molecule has 0 amide bonds. The summed E-state index contributed by atoms with van der Waals surface area (Å²) in [6, 6.07) is 6.85. The van der Waals surface area contributed by atoms with Gasteiger partial charge in [0.25, 0.3) is 0 Å². The number of hydrogen-bond donors (Lipinski definition) is 1. The first-order valence-corrected chi connectivity index (χ1v) is 6.29. The van der Waals surface area contributed by atoms with E-state index < -0.39 is 5.97 Å². The van der Waals surface area contributed by atoms with Gasteiger partial charge in [-0.05, 0) is 32.0 Å². The quantitative estimate of drug-likeness (QED) is 0.334. The number of Topliss-reactive ketones (excluding diaryl/α,β-unsaturated/α-hetero) is 1. The lowest BCUT2D eigenvalue weighted by atomic mass is 10.1. The van der Waals surface area contributed by atoms with Crippen molar-refractivity contribution in [1.29, 1.82) is 0 Å². The Morgan fingerprint density at radius 3 is 2.68 bits per heavy atom. The molecule has 5 heteroatoms. The van der Waals surface area contributed by atoms with Crippen molar-refractivity contribution in [1.82, 2.24) is 0 Å². The number of esters is 1. The zero-order valence-electron chi connectivity index (χ0n) is 11.1. The van der Waals surface area contributed by atoms with Gasteiger partial charge in [-0.25, -0.2) is 0 Å². The lowest BCUT2D eigenvalue weighted by molar-refractivity contribution is -0.141. The summed E-state index contributed by atoms with van der Waals surface area (Å²) in [4.78, 5) is 23.3. The van der Waals surface area contributed by atoms with Crippen LogP contribution in [0, 0.1) is 0 Å². The summed E-state index contributed by atoms with van der Waals surface area (Å²) in [7, 11) is 0. The van der Waals surface area contributed by atoms with Crippen molar-refractivity contribution in [3.05, 3.63) is 29.8 Å². The maximum atomic E-state index is 12.0. The van der Waals surface area contributed by atoms with E-state index in [4.69, 9.17) is 15.2 Å². The Labute approximate surface area is 112 Å². The zero-order valence-corrected chi connectivity index (χ0v) is 11.1. The van der Waals surface area contributed by atoms with Crippen molar-refractivity contribution >= 4 is 11.8 Å². The number of ether oxygens (including phenoxy) is 2. The van der Waals surface area contributed by atoms with Crippen molar-refractivity contribution in [3.8, 4) is 5.75 Å². The van der Waals surface area contributed by atoms with Crippen molar-refractivity contribution in [2.75, 3.05) is 19.8 Å². The standard InChI is InChI=1S/C14H19NO4/c1-2-18-14(17)10-12(16)11-6-3-4-7-13(11)19-9-5-8-15/h3-4,6-7H,2,5,8-10,15H2,1H3. The predicted octanol–water partition coefficient (Wildman–Crippen LogP) is 1.55. The van der Waals surface area contributed by atoms with Crippen LogP contribution in [-0.2, 0) is 9.53 Å². The summed E-state index contributed by atoms with van der Waals surface area (Å²) >= 11 is 0. The molecular weight excluding hydrogens is 246 g/mol. The van der Waals surface area contributed by atoms with Crippen LogP contribution in [0.15, 0.2) is 24.3 Å². The van der Waals surface area contributed by atoms with Crippen LogP contribution in [0.2, 0.25) is 0 Å². The van der Waals surface area contributed by atoms with E-state index in [1.54, 1.807) is 31.2 Å². The van der Waals surface area contributed by atoms with Gasteiger partial charge in [-0.1, -0.05) is 12.1 Å². The molecule has 5 nitrogen and oxygen atoms in total. The number of rotatable bonds is 8. The highest BCUT2D eigenvalue weighted by Gasteiger charge is 2.16. The molecular formula is C14H19NO4. The molecule has 0 radical (unpaired) electrons. The van der Waals surface area contributed by atoms with Crippen molar-refractivity contribution in [3.63, 3.8) is 0 Å². The van der Waals surface area contributed by atoms with Crippen LogP contribution in [0.4, 0.5) is 0 Å². The largest absolute Gasteiger partial charge is 0.493 e. The third kappa shape index (κ3) is 5.09. The predicted molar refractivity (Wildman–Crippen MR) is 71.2 cm³/mol. The molecule has 104 valence electrons. The molecule has 0 spiro atoms. The SMILES string of the molecule is CCOC(=O)CC(=O)c1ccccc1OCCCN. The second-order valence-corrected chi connectivity index (χ2v) is 3.89. The minimum atomic E-state index is -0.524. The summed E-state index contributed by atoms with van der Waals surface area (Å²) in [6.45, 7) is 2.94. The molecule has 0 unspecified atom stereocenters. The van der Waals surface area contributed by atoms with E-state index in [0.29, 0.717) is 30.9 Å². The second kappa shape index (κ2) is 8.26. The zero-order chi connectivity index (χ0) is 14.1. The smallest absolute Gasteiger partial charge is 0.313 e. The number of para-hydroxylation sites is 1. The lowest BCUT2D eigenvalue weighted by Gasteiger charge is -2.10. The normalized spacial score (nSPS) is 10.0. The number of carbonyl (C=O) groups is 2. The van der Waals surface area contributed by atoms with E-state index in [9.17, 15) is 9.59 Å². The second-order valence-electron chi connectivity index (χ2n) is 3.89. The van der Waals surface area contributed by atoms with Crippen LogP contribution in [0.25, 0.3) is 0 Å². The summed E-state index contributed by atoms with van der Waals surface area (Å²) in [6.07, 6.45) is 0.436. The van der Waals surface area contributed by atoms with Gasteiger partial charge in [0.15, 0.2) is 5.78 Å². The van der Waals surface area contributed by atoms with Gasteiger partial charge in [0.2, 0.25) is 0 Å². The maximum Gasteiger partial charge on any atom is 0.313 e. The molecule has 1 rings (SSSR count). The van der Waals surface area contributed by atoms with Gasteiger partial charge in [0.05, 0.1) is 18.8 Å².